The van der Waals surface area contributed by atoms with Gasteiger partial charge in [0.2, 0.25) is 5.91 Å². The van der Waals surface area contributed by atoms with Crippen LogP contribution in [0.1, 0.15) is 18.4 Å². The minimum atomic E-state index is -0.225. The molecule has 5 heteroatoms. The number of nitrogens with one attached hydrogen (secondary N) is 1. The average Bonchev–Trinajstić information content (AvgIpc) is 2.34. The third kappa shape index (κ3) is 3.59. The number of nitrogens with two attached hydrogens (primary N) is 1. The van der Waals surface area contributed by atoms with Gasteiger partial charge in [-0.05, 0) is 18.6 Å². The van der Waals surface area contributed by atoms with Gasteiger partial charge in [-0.15, -0.1) is 0 Å². The van der Waals surface area contributed by atoms with Gasteiger partial charge in [0, 0.05) is 6.42 Å². The fraction of sp³-hybridized carbons (Fsp3) is 0.273. The van der Waals surface area contributed by atoms with Crippen molar-refractivity contribution in [2.75, 3.05) is 6.61 Å². The minimum Gasteiger partial charge on any atom is -0.492 e. The Hall–Kier alpha value is -2.06. The number of nitriles is 1. The number of hydrazine groups is 1. The predicted molar refractivity (Wildman–Crippen MR) is 58.2 cm³/mol. The Morgan fingerprint density at radius 1 is 1.50 bits per heavy atom. The van der Waals surface area contributed by atoms with Crippen LogP contribution in [0, 0.1) is 11.3 Å². The Morgan fingerprint density at radius 2 is 2.25 bits per heavy atom. The largest absolute Gasteiger partial charge is 0.492 e. The number of hydrogen-bond acceptors (Lipinski definition) is 4. The molecule has 1 aromatic rings. The topological polar surface area (TPSA) is 88.1 Å². The van der Waals surface area contributed by atoms with E-state index in [4.69, 9.17) is 15.8 Å². The van der Waals surface area contributed by atoms with Gasteiger partial charge < -0.3 is 4.74 Å². The molecule has 0 aliphatic rings. The number of amides is 1. The summed E-state index contributed by atoms with van der Waals surface area (Å²) >= 11 is 0. The SMILES string of the molecule is N#Cc1ccccc1OCCCC(=O)NN. The van der Waals surface area contributed by atoms with E-state index in [1.807, 2.05) is 11.5 Å². The van der Waals surface area contributed by atoms with Crippen LogP contribution < -0.4 is 16.0 Å². The van der Waals surface area contributed by atoms with Crippen LogP contribution in [0.4, 0.5) is 0 Å². The summed E-state index contributed by atoms with van der Waals surface area (Å²) in [6.45, 7) is 0.381. The molecule has 0 fully saturated rings. The number of carbonyl (C=O) groups excluding carboxylic acids is 1. The van der Waals surface area contributed by atoms with Crippen LogP contribution in [0.3, 0.4) is 0 Å². The van der Waals surface area contributed by atoms with Crippen LogP contribution in [0.15, 0.2) is 24.3 Å². The summed E-state index contributed by atoms with van der Waals surface area (Å²) in [5.41, 5.74) is 2.53. The molecule has 0 saturated carbocycles. The molecule has 5 nitrogen and oxygen atoms in total. The quantitative estimate of drug-likeness (QED) is 0.330. The highest BCUT2D eigenvalue weighted by atomic mass is 16.5. The second-order valence-corrected chi connectivity index (χ2v) is 3.13. The molecular formula is C11H13N3O2. The third-order valence-corrected chi connectivity index (χ3v) is 1.97. The van der Waals surface area contributed by atoms with Crippen LogP contribution in [0.5, 0.6) is 5.75 Å². The molecular weight excluding hydrogens is 206 g/mol. The number of para-hydroxylation sites is 1. The van der Waals surface area contributed by atoms with Gasteiger partial charge in [0.1, 0.15) is 11.8 Å². The molecule has 0 radical (unpaired) electrons. The fourth-order valence-electron chi connectivity index (χ4n) is 1.17. The maximum atomic E-state index is 10.8. The Bertz CT molecular complexity index is 398. The highest BCUT2D eigenvalue weighted by Gasteiger charge is 2.02. The molecule has 1 amide bonds. The van der Waals surface area contributed by atoms with E-state index in [2.05, 4.69) is 0 Å². The number of nitrogens with zero attached hydrogens (tertiary/aromatic N) is 1. The van der Waals surface area contributed by atoms with Crippen LogP contribution in [-0.2, 0) is 4.79 Å². The van der Waals surface area contributed by atoms with Crippen molar-refractivity contribution in [1.29, 1.82) is 5.26 Å². The van der Waals surface area contributed by atoms with E-state index < -0.39 is 0 Å². The summed E-state index contributed by atoms with van der Waals surface area (Å²) < 4.78 is 5.38. The Balaban J connectivity index is 2.38. The average molecular weight is 219 g/mol. The van der Waals surface area contributed by atoms with E-state index in [9.17, 15) is 4.79 Å². The van der Waals surface area contributed by atoms with Crippen molar-refractivity contribution in [2.45, 2.75) is 12.8 Å². The Morgan fingerprint density at radius 3 is 2.94 bits per heavy atom. The zero-order valence-corrected chi connectivity index (χ0v) is 8.77. The third-order valence-electron chi connectivity index (χ3n) is 1.97. The zero-order chi connectivity index (χ0) is 11.8. The van der Waals surface area contributed by atoms with E-state index in [0.717, 1.165) is 0 Å². The molecule has 0 unspecified atom stereocenters. The molecule has 0 saturated heterocycles. The van der Waals surface area contributed by atoms with E-state index >= 15 is 0 Å². The molecule has 0 bridgehead atoms. The lowest BCUT2D eigenvalue weighted by Crippen LogP contribution is -2.29. The van der Waals surface area contributed by atoms with Crippen molar-refractivity contribution in [3.8, 4) is 11.8 Å². The molecule has 0 aliphatic heterocycles. The smallest absolute Gasteiger partial charge is 0.234 e. The van der Waals surface area contributed by atoms with Crippen molar-refractivity contribution >= 4 is 5.91 Å². The highest BCUT2D eigenvalue weighted by molar-refractivity contribution is 5.75. The number of rotatable bonds is 5. The van der Waals surface area contributed by atoms with Crippen LogP contribution >= 0.6 is 0 Å². The first kappa shape index (κ1) is 12.0. The monoisotopic (exact) mass is 219 g/mol. The zero-order valence-electron chi connectivity index (χ0n) is 8.77. The number of benzene rings is 1. The number of carbonyl (C=O) groups is 1. The molecule has 1 rings (SSSR count). The molecule has 84 valence electrons. The first-order chi connectivity index (χ1) is 7.77. The lowest BCUT2D eigenvalue weighted by atomic mass is 10.2. The Labute approximate surface area is 93.8 Å². The van der Waals surface area contributed by atoms with Crippen LogP contribution in [-0.4, -0.2) is 12.5 Å². The standard InChI is InChI=1S/C11H13N3O2/c12-8-9-4-1-2-5-10(9)16-7-3-6-11(15)14-13/h1-2,4-5H,3,6-7,13H2,(H,14,15). The minimum absolute atomic E-state index is 0.225. The van der Waals surface area contributed by atoms with Crippen LogP contribution in [0.2, 0.25) is 0 Å². The molecule has 0 heterocycles. The summed E-state index contributed by atoms with van der Waals surface area (Å²) in [4.78, 5) is 10.8. The van der Waals surface area contributed by atoms with Crippen molar-refractivity contribution in [1.82, 2.24) is 5.43 Å². The first-order valence-electron chi connectivity index (χ1n) is 4.89. The van der Waals surface area contributed by atoms with Gasteiger partial charge >= 0.3 is 0 Å². The van der Waals surface area contributed by atoms with Crippen LogP contribution in [0.25, 0.3) is 0 Å². The van der Waals surface area contributed by atoms with E-state index in [1.54, 1.807) is 24.3 Å². The van der Waals surface area contributed by atoms with Gasteiger partial charge in [-0.25, -0.2) is 5.84 Å². The van der Waals surface area contributed by atoms with Gasteiger partial charge in [0.05, 0.1) is 12.2 Å². The molecule has 0 aromatic heterocycles. The van der Waals surface area contributed by atoms with Gasteiger partial charge in [-0.2, -0.15) is 5.26 Å². The Kier molecular flexibility index (Phi) is 4.83. The fourth-order valence-corrected chi connectivity index (χ4v) is 1.17. The first-order valence-corrected chi connectivity index (χ1v) is 4.89. The summed E-state index contributed by atoms with van der Waals surface area (Å²) in [5.74, 6) is 5.24. The summed E-state index contributed by atoms with van der Waals surface area (Å²) in [6.07, 6.45) is 0.869. The van der Waals surface area contributed by atoms with Gasteiger partial charge in [0.25, 0.3) is 0 Å². The molecule has 16 heavy (non-hydrogen) atoms. The van der Waals surface area contributed by atoms with E-state index in [-0.39, 0.29) is 5.91 Å². The lowest BCUT2D eigenvalue weighted by molar-refractivity contribution is -0.121. The maximum absolute atomic E-state index is 10.8. The van der Waals surface area contributed by atoms with E-state index in [0.29, 0.717) is 30.8 Å². The summed E-state index contributed by atoms with van der Waals surface area (Å²) in [5, 5.41) is 8.79. The second kappa shape index (κ2) is 6.43. The van der Waals surface area contributed by atoms with Crippen molar-refractivity contribution in [2.24, 2.45) is 5.84 Å². The summed E-state index contributed by atoms with van der Waals surface area (Å²) in [6, 6.07) is 9.00. The van der Waals surface area contributed by atoms with Crippen molar-refractivity contribution < 1.29 is 9.53 Å². The highest BCUT2D eigenvalue weighted by Crippen LogP contribution is 2.16. The van der Waals surface area contributed by atoms with Crippen molar-refractivity contribution in [3.63, 3.8) is 0 Å². The molecule has 0 spiro atoms. The second-order valence-electron chi connectivity index (χ2n) is 3.13. The lowest BCUT2D eigenvalue weighted by Gasteiger charge is -2.06. The van der Waals surface area contributed by atoms with Gasteiger partial charge in [-0.3, -0.25) is 10.2 Å². The molecule has 0 aliphatic carbocycles. The molecule has 1 aromatic carbocycles. The molecule has 3 N–H and O–H groups in total. The summed E-state index contributed by atoms with van der Waals surface area (Å²) in [7, 11) is 0. The number of ether oxygens (including phenoxy) is 1. The van der Waals surface area contributed by atoms with Crippen molar-refractivity contribution in [3.05, 3.63) is 29.8 Å². The van der Waals surface area contributed by atoms with E-state index in [1.165, 1.54) is 0 Å². The predicted octanol–water partition coefficient (Wildman–Crippen LogP) is 0.707. The molecule has 0 atom stereocenters. The van der Waals surface area contributed by atoms with Gasteiger partial charge in [0.15, 0.2) is 0 Å². The number of hydrogen-bond donors (Lipinski definition) is 2. The maximum Gasteiger partial charge on any atom is 0.234 e. The normalized spacial score (nSPS) is 9.25. The van der Waals surface area contributed by atoms with Gasteiger partial charge in [-0.1, -0.05) is 12.1 Å².